The van der Waals surface area contributed by atoms with Crippen LogP contribution in [0.2, 0.25) is 0 Å². The molecule has 146 valence electrons. The smallest absolute Gasteiger partial charge is 0.0942 e. The van der Waals surface area contributed by atoms with Crippen molar-refractivity contribution in [3.05, 3.63) is 0 Å². The Morgan fingerprint density at radius 1 is 0.960 bits per heavy atom. The van der Waals surface area contributed by atoms with Crippen LogP contribution in [0.15, 0.2) is 0 Å². The quantitative estimate of drug-likeness (QED) is 0.617. The first-order valence-corrected chi connectivity index (χ1v) is 9.94. The lowest BCUT2D eigenvalue weighted by Crippen LogP contribution is -2.66. The Kier molecular flexibility index (Phi) is 5.05. The molecule has 25 heavy (non-hydrogen) atoms. The molecule has 2 saturated carbocycles. The van der Waals surface area contributed by atoms with E-state index in [1.807, 2.05) is 6.92 Å². The van der Waals surface area contributed by atoms with E-state index in [0.29, 0.717) is 18.8 Å². The molecule has 1 heterocycles. The van der Waals surface area contributed by atoms with Crippen molar-refractivity contribution < 1.29 is 25.2 Å². The highest BCUT2D eigenvalue weighted by atomic mass is 16.5. The average Bonchev–Trinajstić information content (AvgIpc) is 2.99. The van der Waals surface area contributed by atoms with Crippen molar-refractivity contribution in [1.29, 1.82) is 0 Å². The molecule has 3 aliphatic rings. The minimum absolute atomic E-state index is 0.0121. The molecule has 7 atom stereocenters. The number of fused-ring (bicyclic) bond motifs is 2. The third kappa shape index (κ3) is 2.53. The first-order valence-electron chi connectivity index (χ1n) is 9.94. The van der Waals surface area contributed by atoms with Crippen molar-refractivity contribution >= 4 is 0 Å². The number of aliphatic hydroxyl groups excluding tert-OH is 4. The predicted octanol–water partition coefficient (Wildman–Crippen LogP) is 1.85. The highest BCUT2D eigenvalue weighted by Gasteiger charge is 2.68. The standard InChI is InChI=1S/C20H36O5/c1-14-4-5-15-17(2,12-22)16(24)6-7-18(15,3)20(14)9-8-19(13-23,25-20)10-11-21/h14-16,21-24H,4-13H2,1-3H3/t14-,15-,16+,17+,18+,19-,20+/m1/s1. The van der Waals surface area contributed by atoms with Crippen molar-refractivity contribution in [2.75, 3.05) is 19.8 Å². The molecular formula is C20H36O5. The van der Waals surface area contributed by atoms with Gasteiger partial charge in [0.05, 0.1) is 30.5 Å². The fourth-order valence-corrected chi connectivity index (χ4v) is 6.70. The number of hydrogen-bond acceptors (Lipinski definition) is 5. The molecule has 0 bridgehead atoms. The topological polar surface area (TPSA) is 90.2 Å². The number of ether oxygens (including phenoxy) is 1. The van der Waals surface area contributed by atoms with Crippen LogP contribution >= 0.6 is 0 Å². The summed E-state index contributed by atoms with van der Waals surface area (Å²) in [6.45, 7) is 6.47. The van der Waals surface area contributed by atoms with Gasteiger partial charge >= 0.3 is 0 Å². The SMILES string of the molecule is C[C@@H]1CC[C@@H]2[C@](C)(CO)[C@@H](O)CC[C@]2(C)[C@]12CC[C@](CO)(CCO)O2. The number of rotatable bonds is 4. The molecular weight excluding hydrogens is 320 g/mol. The molecule has 0 radical (unpaired) electrons. The van der Waals surface area contributed by atoms with Crippen molar-refractivity contribution in [3.8, 4) is 0 Å². The maximum atomic E-state index is 10.6. The molecule has 1 aliphatic heterocycles. The fraction of sp³-hybridized carbons (Fsp3) is 1.00. The lowest BCUT2D eigenvalue weighted by atomic mass is 9.43. The van der Waals surface area contributed by atoms with E-state index in [-0.39, 0.29) is 36.8 Å². The van der Waals surface area contributed by atoms with Gasteiger partial charge in [0.1, 0.15) is 0 Å². The van der Waals surface area contributed by atoms with Crippen LogP contribution in [0, 0.1) is 22.7 Å². The van der Waals surface area contributed by atoms with E-state index in [1.54, 1.807) is 0 Å². The average molecular weight is 357 g/mol. The van der Waals surface area contributed by atoms with Gasteiger partial charge in [-0.2, -0.15) is 0 Å². The normalized spacial score (nSPS) is 53.2. The van der Waals surface area contributed by atoms with Gasteiger partial charge in [-0.25, -0.2) is 0 Å². The Morgan fingerprint density at radius 3 is 2.28 bits per heavy atom. The molecule has 3 rings (SSSR count). The fourth-order valence-electron chi connectivity index (χ4n) is 6.70. The van der Waals surface area contributed by atoms with E-state index in [2.05, 4.69) is 13.8 Å². The van der Waals surface area contributed by atoms with Crippen LogP contribution in [0.1, 0.15) is 65.7 Å². The van der Waals surface area contributed by atoms with Crippen molar-refractivity contribution in [1.82, 2.24) is 0 Å². The molecule has 5 nitrogen and oxygen atoms in total. The molecule has 3 fully saturated rings. The Labute approximate surface area is 151 Å². The number of hydrogen-bond donors (Lipinski definition) is 4. The zero-order valence-corrected chi connectivity index (χ0v) is 16.0. The summed E-state index contributed by atoms with van der Waals surface area (Å²) in [7, 11) is 0. The highest BCUT2D eigenvalue weighted by Crippen LogP contribution is 2.67. The van der Waals surface area contributed by atoms with Crippen molar-refractivity contribution in [2.24, 2.45) is 22.7 Å². The van der Waals surface area contributed by atoms with Gasteiger partial charge in [-0.3, -0.25) is 0 Å². The molecule has 2 aliphatic carbocycles. The van der Waals surface area contributed by atoms with Crippen molar-refractivity contribution in [3.63, 3.8) is 0 Å². The van der Waals surface area contributed by atoms with E-state index in [1.165, 1.54) is 0 Å². The van der Waals surface area contributed by atoms with Crippen LogP contribution in [0.25, 0.3) is 0 Å². The summed E-state index contributed by atoms with van der Waals surface area (Å²) in [6, 6.07) is 0. The second-order valence-corrected chi connectivity index (χ2v) is 9.47. The third-order valence-corrected chi connectivity index (χ3v) is 8.46. The molecule has 0 aromatic heterocycles. The van der Waals surface area contributed by atoms with E-state index in [9.17, 15) is 20.4 Å². The van der Waals surface area contributed by atoms with Crippen LogP contribution < -0.4 is 0 Å². The molecule has 0 amide bonds. The zero-order chi connectivity index (χ0) is 18.5. The third-order valence-electron chi connectivity index (χ3n) is 8.46. The van der Waals surface area contributed by atoms with Gasteiger partial charge in [0, 0.05) is 23.9 Å². The molecule has 0 unspecified atom stereocenters. The van der Waals surface area contributed by atoms with Gasteiger partial charge in [0.25, 0.3) is 0 Å². The Hall–Kier alpha value is -0.200. The van der Waals surface area contributed by atoms with Crippen molar-refractivity contribution in [2.45, 2.75) is 83.0 Å². The van der Waals surface area contributed by atoms with Gasteiger partial charge in [-0.05, 0) is 50.4 Å². The predicted molar refractivity (Wildman–Crippen MR) is 95.0 cm³/mol. The van der Waals surface area contributed by atoms with Crippen LogP contribution in [-0.2, 0) is 4.74 Å². The van der Waals surface area contributed by atoms with Gasteiger partial charge in [-0.1, -0.05) is 20.8 Å². The lowest BCUT2D eigenvalue weighted by Gasteiger charge is -2.65. The zero-order valence-electron chi connectivity index (χ0n) is 16.0. The molecule has 0 aromatic carbocycles. The summed E-state index contributed by atoms with van der Waals surface area (Å²) in [5, 5.41) is 40.2. The van der Waals surface area contributed by atoms with E-state index >= 15 is 0 Å². The Bertz CT molecular complexity index is 498. The summed E-state index contributed by atoms with van der Waals surface area (Å²) < 4.78 is 6.75. The van der Waals surface area contributed by atoms with Crippen LogP contribution in [0.3, 0.4) is 0 Å². The minimum Gasteiger partial charge on any atom is -0.396 e. The maximum absolute atomic E-state index is 10.6. The summed E-state index contributed by atoms with van der Waals surface area (Å²) in [4.78, 5) is 0. The van der Waals surface area contributed by atoms with Crippen LogP contribution in [0.5, 0.6) is 0 Å². The molecule has 1 spiro atoms. The largest absolute Gasteiger partial charge is 0.396 e. The first kappa shape index (κ1) is 19.6. The summed E-state index contributed by atoms with van der Waals surface area (Å²) >= 11 is 0. The maximum Gasteiger partial charge on any atom is 0.0942 e. The molecule has 1 saturated heterocycles. The molecule has 0 aromatic rings. The Morgan fingerprint density at radius 2 is 1.68 bits per heavy atom. The lowest BCUT2D eigenvalue weighted by molar-refractivity contribution is -0.272. The van der Waals surface area contributed by atoms with E-state index in [0.717, 1.165) is 32.1 Å². The van der Waals surface area contributed by atoms with Gasteiger partial charge in [0.15, 0.2) is 0 Å². The summed E-state index contributed by atoms with van der Waals surface area (Å²) in [5.74, 6) is 0.549. The Balaban J connectivity index is 2.02. The van der Waals surface area contributed by atoms with E-state index in [4.69, 9.17) is 4.74 Å². The number of aliphatic hydroxyl groups is 4. The second-order valence-electron chi connectivity index (χ2n) is 9.47. The van der Waals surface area contributed by atoms with Gasteiger partial charge < -0.3 is 25.2 Å². The van der Waals surface area contributed by atoms with Gasteiger partial charge in [-0.15, -0.1) is 0 Å². The summed E-state index contributed by atoms with van der Waals surface area (Å²) in [5.41, 5.74) is -1.66. The van der Waals surface area contributed by atoms with Gasteiger partial charge in [0.2, 0.25) is 0 Å². The second kappa shape index (κ2) is 6.45. The molecule has 4 N–H and O–H groups in total. The first-order chi connectivity index (χ1) is 11.7. The van der Waals surface area contributed by atoms with E-state index < -0.39 is 17.1 Å². The summed E-state index contributed by atoms with van der Waals surface area (Å²) in [6.07, 6.45) is 5.15. The molecule has 5 heteroatoms. The monoisotopic (exact) mass is 356 g/mol. The van der Waals surface area contributed by atoms with Crippen LogP contribution in [0.4, 0.5) is 0 Å². The minimum atomic E-state index is -0.653. The van der Waals surface area contributed by atoms with Crippen LogP contribution in [-0.4, -0.2) is 57.6 Å². The highest BCUT2D eigenvalue weighted by molar-refractivity contribution is 5.17.